The van der Waals surface area contributed by atoms with Crippen molar-refractivity contribution in [2.45, 2.75) is 45.4 Å². The molecule has 0 radical (unpaired) electrons. The molecule has 0 spiro atoms. The minimum atomic E-state index is -2.00. The average Bonchev–Trinajstić information content (AvgIpc) is 3.19. The van der Waals surface area contributed by atoms with Gasteiger partial charge in [0.15, 0.2) is 34.6 Å². The third kappa shape index (κ3) is 4.20. The van der Waals surface area contributed by atoms with E-state index < -0.39 is 58.3 Å². The third-order valence-corrected chi connectivity index (χ3v) is 7.22. The summed E-state index contributed by atoms with van der Waals surface area (Å²) < 4.78 is 10.6. The van der Waals surface area contributed by atoms with Crippen molar-refractivity contribution < 1.29 is 38.9 Å². The number of methoxy groups -OCH3 is 2. The molecule has 200 valence electrons. The molecule has 0 saturated carbocycles. The van der Waals surface area contributed by atoms with Gasteiger partial charge in [-0.25, -0.2) is 0 Å². The topological polar surface area (TPSA) is 127 Å². The standard InChI is InChI=1S/C30H32O8/c1-7-9-11-13-18(31)15-30-22(25(34)17(4)28(38-6)29(30)36)20(19(32)14-12-10-8-2)21-23(30)24(33)16(3)27(37-5)26(21)35/h7-14,20,22,33,35H,15H2,1-6H3/b9-7+,10-8+,13-11-,14-12+/t20-,22-,30+/m1/s1. The largest absolute Gasteiger partial charge is 0.507 e. The van der Waals surface area contributed by atoms with Crippen LogP contribution in [0.1, 0.15) is 49.8 Å². The maximum Gasteiger partial charge on any atom is 0.209 e. The van der Waals surface area contributed by atoms with E-state index in [-0.39, 0.29) is 33.8 Å². The summed E-state index contributed by atoms with van der Waals surface area (Å²) in [6, 6.07) is 0. The number of phenols is 2. The first-order chi connectivity index (χ1) is 18.0. The Morgan fingerprint density at radius 1 is 0.921 bits per heavy atom. The lowest BCUT2D eigenvalue weighted by molar-refractivity contribution is -0.139. The second-order valence-electron chi connectivity index (χ2n) is 9.24. The number of carbonyl (C=O) groups is 4. The molecule has 2 N–H and O–H groups in total. The van der Waals surface area contributed by atoms with Crippen LogP contribution in [0.25, 0.3) is 0 Å². The van der Waals surface area contributed by atoms with Gasteiger partial charge in [-0.15, -0.1) is 0 Å². The van der Waals surface area contributed by atoms with Crippen LogP contribution in [0.5, 0.6) is 17.2 Å². The minimum Gasteiger partial charge on any atom is -0.507 e. The van der Waals surface area contributed by atoms with E-state index in [0.717, 1.165) is 0 Å². The summed E-state index contributed by atoms with van der Waals surface area (Å²) in [6.45, 7) is 6.42. The minimum absolute atomic E-state index is 0.000684. The molecule has 2 aliphatic carbocycles. The van der Waals surface area contributed by atoms with Gasteiger partial charge in [0.1, 0.15) is 5.75 Å². The molecule has 1 aromatic rings. The summed E-state index contributed by atoms with van der Waals surface area (Å²) in [6.07, 6.45) is 11.6. The van der Waals surface area contributed by atoms with Gasteiger partial charge in [0.2, 0.25) is 5.78 Å². The molecular weight excluding hydrogens is 488 g/mol. The van der Waals surface area contributed by atoms with Crippen molar-refractivity contribution in [1.29, 1.82) is 0 Å². The molecule has 0 unspecified atom stereocenters. The fourth-order valence-electron chi connectivity index (χ4n) is 5.60. The molecule has 8 nitrogen and oxygen atoms in total. The first-order valence-corrected chi connectivity index (χ1v) is 12.2. The molecule has 3 atom stereocenters. The number of rotatable bonds is 9. The number of aromatic hydroxyl groups is 2. The fourth-order valence-corrected chi connectivity index (χ4v) is 5.60. The van der Waals surface area contributed by atoms with Gasteiger partial charge in [0.25, 0.3) is 0 Å². The van der Waals surface area contributed by atoms with E-state index in [1.165, 1.54) is 52.4 Å². The van der Waals surface area contributed by atoms with Gasteiger partial charge in [-0.05, 0) is 39.8 Å². The molecule has 0 aromatic heterocycles. The summed E-state index contributed by atoms with van der Waals surface area (Å²) in [5.41, 5.74) is -2.14. The van der Waals surface area contributed by atoms with Gasteiger partial charge in [-0.3, -0.25) is 19.2 Å². The van der Waals surface area contributed by atoms with Crippen LogP contribution in [-0.2, 0) is 29.3 Å². The SMILES string of the molecule is C/C=C/C=C\C(=O)C[C@]12C(=O)C(OC)=C(C)C(=O)[C@H]1[C@H](C(=O)/C=C/C=C/C)c1c(O)c(OC)c(C)c(O)c12. The Morgan fingerprint density at radius 2 is 1.53 bits per heavy atom. The number of hydrogen-bond acceptors (Lipinski definition) is 8. The predicted octanol–water partition coefficient (Wildman–Crippen LogP) is 4.23. The molecule has 0 saturated heterocycles. The molecular formula is C30H32O8. The number of fused-ring (bicyclic) bond motifs is 3. The van der Waals surface area contributed by atoms with Crippen LogP contribution in [0, 0.1) is 12.8 Å². The molecule has 38 heavy (non-hydrogen) atoms. The van der Waals surface area contributed by atoms with Crippen molar-refractivity contribution in [2.24, 2.45) is 5.92 Å². The lowest BCUT2D eigenvalue weighted by Gasteiger charge is -2.39. The van der Waals surface area contributed by atoms with Gasteiger partial charge < -0.3 is 19.7 Å². The monoisotopic (exact) mass is 520 g/mol. The molecule has 8 heteroatoms. The Morgan fingerprint density at radius 3 is 2.08 bits per heavy atom. The van der Waals surface area contributed by atoms with Crippen molar-refractivity contribution in [2.75, 3.05) is 14.2 Å². The lowest BCUT2D eigenvalue weighted by atomic mass is 9.60. The highest BCUT2D eigenvalue weighted by molar-refractivity contribution is 6.22. The number of allylic oxidation sites excluding steroid dienone is 10. The predicted molar refractivity (Wildman–Crippen MR) is 141 cm³/mol. The van der Waals surface area contributed by atoms with Gasteiger partial charge in [0.05, 0.1) is 31.5 Å². The second kappa shape index (κ2) is 11.0. The zero-order chi connectivity index (χ0) is 28.4. The summed E-state index contributed by atoms with van der Waals surface area (Å²) in [5.74, 6) is -6.44. The lowest BCUT2D eigenvalue weighted by Crippen LogP contribution is -2.51. The molecule has 0 heterocycles. The highest BCUT2D eigenvalue weighted by atomic mass is 16.5. The molecule has 0 amide bonds. The van der Waals surface area contributed by atoms with Crippen LogP contribution < -0.4 is 4.74 Å². The van der Waals surface area contributed by atoms with Gasteiger partial charge in [0, 0.05) is 28.7 Å². The Labute approximate surface area is 221 Å². The zero-order valence-electron chi connectivity index (χ0n) is 22.3. The molecule has 1 aromatic carbocycles. The van der Waals surface area contributed by atoms with E-state index >= 15 is 0 Å². The maximum atomic E-state index is 14.2. The molecule has 0 aliphatic heterocycles. The smallest absolute Gasteiger partial charge is 0.209 e. The van der Waals surface area contributed by atoms with E-state index in [1.54, 1.807) is 38.2 Å². The van der Waals surface area contributed by atoms with Crippen molar-refractivity contribution in [1.82, 2.24) is 0 Å². The molecule has 3 rings (SSSR count). The summed E-state index contributed by atoms with van der Waals surface area (Å²) in [7, 11) is 2.52. The van der Waals surface area contributed by atoms with E-state index in [2.05, 4.69) is 0 Å². The highest BCUT2D eigenvalue weighted by Gasteiger charge is 2.67. The first kappa shape index (κ1) is 28.4. The summed E-state index contributed by atoms with van der Waals surface area (Å²) in [5, 5.41) is 22.8. The van der Waals surface area contributed by atoms with Gasteiger partial charge in [-0.2, -0.15) is 0 Å². The number of hydrogen-bond donors (Lipinski definition) is 2. The quantitative estimate of drug-likeness (QED) is 0.281. The number of benzene rings is 1. The van der Waals surface area contributed by atoms with Crippen LogP contribution in [-0.4, -0.2) is 47.6 Å². The molecule has 2 aliphatic rings. The van der Waals surface area contributed by atoms with Crippen LogP contribution >= 0.6 is 0 Å². The van der Waals surface area contributed by atoms with Crippen LogP contribution in [0.3, 0.4) is 0 Å². The van der Waals surface area contributed by atoms with E-state index in [9.17, 15) is 29.4 Å². The van der Waals surface area contributed by atoms with Crippen LogP contribution in [0.4, 0.5) is 0 Å². The van der Waals surface area contributed by atoms with E-state index in [4.69, 9.17) is 9.47 Å². The van der Waals surface area contributed by atoms with Crippen molar-refractivity contribution in [3.63, 3.8) is 0 Å². The number of Topliss-reactive ketones (excluding diaryl/α,β-unsaturated/α-hetero) is 2. The number of phenolic OH excluding ortho intramolecular Hbond substituents is 2. The zero-order valence-corrected chi connectivity index (χ0v) is 22.3. The molecule has 0 bridgehead atoms. The maximum absolute atomic E-state index is 14.2. The Kier molecular flexibility index (Phi) is 8.25. The Balaban J connectivity index is 2.50. The highest BCUT2D eigenvalue weighted by Crippen LogP contribution is 2.64. The van der Waals surface area contributed by atoms with Crippen molar-refractivity contribution in [3.05, 3.63) is 76.6 Å². The van der Waals surface area contributed by atoms with E-state index in [1.807, 2.05) is 0 Å². The third-order valence-electron chi connectivity index (χ3n) is 7.22. The van der Waals surface area contributed by atoms with Gasteiger partial charge in [-0.1, -0.05) is 36.5 Å². The van der Waals surface area contributed by atoms with Crippen LogP contribution in [0.2, 0.25) is 0 Å². The van der Waals surface area contributed by atoms with Crippen molar-refractivity contribution in [3.8, 4) is 17.2 Å². The first-order valence-electron chi connectivity index (χ1n) is 12.2. The normalized spacial score (nSPS) is 23.2. The summed E-state index contributed by atoms with van der Waals surface area (Å²) in [4.78, 5) is 55.0. The number of ether oxygens (including phenoxy) is 2. The fraction of sp³-hybridized carbons (Fsp3) is 0.333. The number of carbonyl (C=O) groups excluding carboxylic acids is 4. The second-order valence-corrected chi connectivity index (χ2v) is 9.24. The summed E-state index contributed by atoms with van der Waals surface area (Å²) >= 11 is 0. The average molecular weight is 521 g/mol. The van der Waals surface area contributed by atoms with E-state index in [0.29, 0.717) is 0 Å². The molecule has 0 fully saturated rings. The van der Waals surface area contributed by atoms with Crippen molar-refractivity contribution >= 4 is 23.1 Å². The van der Waals surface area contributed by atoms with Gasteiger partial charge >= 0.3 is 0 Å². The Bertz CT molecular complexity index is 1350. The van der Waals surface area contributed by atoms with Crippen LogP contribution in [0.15, 0.2) is 59.9 Å². The number of ketones is 4. The Hall–Kier alpha value is -4.20.